The largest absolute Gasteiger partial charge is 0.496 e. The summed E-state index contributed by atoms with van der Waals surface area (Å²) in [5, 5.41) is 2.99. The number of ether oxygens (including phenoxy) is 1. The molecule has 1 aliphatic carbocycles. The SMILES string of the molecule is COc1ccccc1C(C)NC(=O)C(C)(N)C1CC1. The normalized spacial score (nSPS) is 19.4. The maximum atomic E-state index is 12.3. The minimum Gasteiger partial charge on any atom is -0.496 e. The Morgan fingerprint density at radius 2 is 2.11 bits per heavy atom. The average molecular weight is 262 g/mol. The van der Waals surface area contributed by atoms with Crippen LogP contribution in [-0.4, -0.2) is 18.6 Å². The number of nitrogens with one attached hydrogen (secondary N) is 1. The maximum Gasteiger partial charge on any atom is 0.240 e. The highest BCUT2D eigenvalue weighted by Crippen LogP contribution is 2.38. The van der Waals surface area contributed by atoms with Crippen molar-refractivity contribution in [3.05, 3.63) is 29.8 Å². The van der Waals surface area contributed by atoms with Crippen LogP contribution in [0.15, 0.2) is 24.3 Å². The van der Waals surface area contributed by atoms with Crippen molar-refractivity contribution in [3.63, 3.8) is 0 Å². The van der Waals surface area contributed by atoms with Crippen molar-refractivity contribution >= 4 is 5.91 Å². The zero-order chi connectivity index (χ0) is 14.0. The monoisotopic (exact) mass is 262 g/mol. The molecule has 0 saturated heterocycles. The number of carbonyl (C=O) groups excluding carboxylic acids is 1. The van der Waals surface area contributed by atoms with Crippen LogP contribution in [0.3, 0.4) is 0 Å². The van der Waals surface area contributed by atoms with Crippen LogP contribution in [0, 0.1) is 5.92 Å². The van der Waals surface area contributed by atoms with Crippen LogP contribution in [0.5, 0.6) is 5.75 Å². The minimum absolute atomic E-state index is 0.0894. The van der Waals surface area contributed by atoms with Gasteiger partial charge in [-0.15, -0.1) is 0 Å². The number of methoxy groups -OCH3 is 1. The molecule has 1 fully saturated rings. The highest BCUT2D eigenvalue weighted by Gasteiger charge is 2.44. The Morgan fingerprint density at radius 3 is 2.68 bits per heavy atom. The summed E-state index contributed by atoms with van der Waals surface area (Å²) < 4.78 is 5.31. The Morgan fingerprint density at radius 1 is 1.47 bits per heavy atom. The van der Waals surface area contributed by atoms with Crippen LogP contribution in [0.25, 0.3) is 0 Å². The van der Waals surface area contributed by atoms with Gasteiger partial charge in [-0.1, -0.05) is 18.2 Å². The number of benzene rings is 1. The van der Waals surface area contributed by atoms with Crippen molar-refractivity contribution in [3.8, 4) is 5.75 Å². The van der Waals surface area contributed by atoms with Crippen molar-refractivity contribution in [2.45, 2.75) is 38.3 Å². The van der Waals surface area contributed by atoms with E-state index in [4.69, 9.17) is 10.5 Å². The van der Waals surface area contributed by atoms with Crippen LogP contribution in [0.4, 0.5) is 0 Å². The molecule has 3 N–H and O–H groups in total. The molecule has 0 radical (unpaired) electrons. The number of hydrogen-bond acceptors (Lipinski definition) is 3. The second-order valence-corrected chi connectivity index (χ2v) is 5.49. The summed E-state index contributed by atoms with van der Waals surface area (Å²) in [5.41, 5.74) is 6.31. The van der Waals surface area contributed by atoms with Gasteiger partial charge >= 0.3 is 0 Å². The number of nitrogens with two attached hydrogens (primary N) is 1. The number of hydrogen-bond donors (Lipinski definition) is 2. The first-order valence-electron chi connectivity index (χ1n) is 6.69. The van der Waals surface area contributed by atoms with E-state index in [2.05, 4.69) is 5.32 Å². The van der Waals surface area contributed by atoms with Crippen LogP contribution >= 0.6 is 0 Å². The zero-order valence-electron chi connectivity index (χ0n) is 11.8. The molecule has 0 aromatic heterocycles. The minimum atomic E-state index is -0.768. The maximum absolute atomic E-state index is 12.3. The van der Waals surface area contributed by atoms with Crippen LogP contribution < -0.4 is 15.8 Å². The second-order valence-electron chi connectivity index (χ2n) is 5.49. The van der Waals surface area contributed by atoms with Gasteiger partial charge in [0.1, 0.15) is 5.75 Å². The molecule has 2 unspecified atom stereocenters. The van der Waals surface area contributed by atoms with Crippen molar-refractivity contribution in [2.75, 3.05) is 7.11 Å². The first-order valence-corrected chi connectivity index (χ1v) is 6.69. The van der Waals surface area contributed by atoms with Crippen LogP contribution in [0.2, 0.25) is 0 Å². The topological polar surface area (TPSA) is 64.3 Å². The second kappa shape index (κ2) is 5.21. The summed E-state index contributed by atoms with van der Waals surface area (Å²) in [7, 11) is 1.63. The van der Waals surface area contributed by atoms with Crippen molar-refractivity contribution in [1.29, 1.82) is 0 Å². The molecule has 1 amide bonds. The number of para-hydroxylation sites is 1. The predicted molar refractivity (Wildman–Crippen MR) is 74.9 cm³/mol. The van der Waals surface area contributed by atoms with E-state index in [0.29, 0.717) is 5.92 Å². The fourth-order valence-electron chi connectivity index (χ4n) is 2.32. The molecule has 1 aromatic rings. The number of rotatable bonds is 5. The third-order valence-electron chi connectivity index (χ3n) is 3.87. The van der Waals surface area contributed by atoms with E-state index in [1.54, 1.807) is 7.11 Å². The van der Waals surface area contributed by atoms with Crippen LogP contribution in [-0.2, 0) is 4.79 Å². The summed E-state index contributed by atoms with van der Waals surface area (Å²) in [6.07, 6.45) is 2.09. The first kappa shape index (κ1) is 13.9. The van der Waals surface area contributed by atoms with E-state index in [9.17, 15) is 4.79 Å². The van der Waals surface area contributed by atoms with Gasteiger partial charge < -0.3 is 15.8 Å². The standard InChI is InChI=1S/C15H22N2O2/c1-10(12-6-4-5-7-13(12)19-3)17-14(18)15(2,16)11-8-9-11/h4-7,10-11H,8-9,16H2,1-3H3,(H,17,18). The molecule has 1 saturated carbocycles. The van der Waals surface area contributed by atoms with E-state index in [0.717, 1.165) is 24.2 Å². The van der Waals surface area contributed by atoms with Gasteiger partial charge in [0.2, 0.25) is 5.91 Å². The highest BCUT2D eigenvalue weighted by molar-refractivity contribution is 5.86. The fourth-order valence-corrected chi connectivity index (χ4v) is 2.32. The van der Waals surface area contributed by atoms with Gasteiger partial charge in [0.05, 0.1) is 18.7 Å². The quantitative estimate of drug-likeness (QED) is 0.853. The van der Waals surface area contributed by atoms with Gasteiger partial charge in [-0.2, -0.15) is 0 Å². The highest BCUT2D eigenvalue weighted by atomic mass is 16.5. The lowest BCUT2D eigenvalue weighted by molar-refractivity contribution is -0.127. The molecule has 4 heteroatoms. The van der Waals surface area contributed by atoms with Gasteiger partial charge in [-0.25, -0.2) is 0 Å². The number of carbonyl (C=O) groups is 1. The van der Waals surface area contributed by atoms with E-state index in [1.165, 1.54) is 0 Å². The summed E-state index contributed by atoms with van der Waals surface area (Å²) in [6.45, 7) is 3.76. The van der Waals surface area contributed by atoms with Crippen molar-refractivity contribution in [2.24, 2.45) is 11.7 Å². The molecular formula is C15H22N2O2. The molecule has 1 aromatic carbocycles. The molecule has 0 aliphatic heterocycles. The van der Waals surface area contributed by atoms with E-state index in [-0.39, 0.29) is 11.9 Å². The molecule has 1 aliphatic rings. The molecular weight excluding hydrogens is 240 g/mol. The van der Waals surface area contributed by atoms with E-state index < -0.39 is 5.54 Å². The van der Waals surface area contributed by atoms with Gasteiger partial charge in [0, 0.05) is 5.56 Å². The van der Waals surface area contributed by atoms with Gasteiger partial charge in [-0.05, 0) is 38.7 Å². The number of amides is 1. The molecule has 2 atom stereocenters. The Balaban J connectivity index is 2.08. The molecule has 4 nitrogen and oxygen atoms in total. The lowest BCUT2D eigenvalue weighted by Gasteiger charge is -2.26. The van der Waals surface area contributed by atoms with E-state index >= 15 is 0 Å². The summed E-state index contributed by atoms with van der Waals surface area (Å²) in [5.74, 6) is 1.01. The first-order chi connectivity index (χ1) is 8.96. The Hall–Kier alpha value is -1.55. The predicted octanol–water partition coefficient (Wildman–Crippen LogP) is 2.00. The third-order valence-corrected chi connectivity index (χ3v) is 3.87. The third kappa shape index (κ3) is 2.89. The average Bonchev–Trinajstić information content (AvgIpc) is 3.23. The molecule has 104 valence electrons. The lowest BCUT2D eigenvalue weighted by Crippen LogP contribution is -2.53. The van der Waals surface area contributed by atoms with Crippen LogP contribution in [0.1, 0.15) is 38.3 Å². The Bertz CT molecular complexity index is 467. The smallest absolute Gasteiger partial charge is 0.240 e. The molecule has 0 heterocycles. The molecule has 19 heavy (non-hydrogen) atoms. The summed E-state index contributed by atoms with van der Waals surface area (Å²) >= 11 is 0. The van der Waals surface area contributed by atoms with Gasteiger partial charge in [-0.3, -0.25) is 4.79 Å². The lowest BCUT2D eigenvalue weighted by atomic mass is 9.95. The van der Waals surface area contributed by atoms with E-state index in [1.807, 2.05) is 38.1 Å². The zero-order valence-corrected chi connectivity index (χ0v) is 11.8. The Labute approximate surface area is 114 Å². The summed E-state index contributed by atoms with van der Waals surface area (Å²) in [6, 6.07) is 7.57. The molecule has 0 spiro atoms. The van der Waals surface area contributed by atoms with Crippen molar-refractivity contribution < 1.29 is 9.53 Å². The van der Waals surface area contributed by atoms with Crippen molar-refractivity contribution in [1.82, 2.24) is 5.32 Å². The Kier molecular flexibility index (Phi) is 3.80. The summed E-state index contributed by atoms with van der Waals surface area (Å²) in [4.78, 5) is 12.3. The molecule has 0 bridgehead atoms. The van der Waals surface area contributed by atoms with Gasteiger partial charge in [0.15, 0.2) is 0 Å². The van der Waals surface area contributed by atoms with Gasteiger partial charge in [0.25, 0.3) is 0 Å². The fraction of sp³-hybridized carbons (Fsp3) is 0.533. The molecule has 2 rings (SSSR count).